The SMILES string of the molecule is O=C(CCl)Nc1ccccc1CN1CCCC1. The summed E-state index contributed by atoms with van der Waals surface area (Å²) in [5.41, 5.74) is 2.04. The zero-order valence-corrected chi connectivity index (χ0v) is 10.5. The number of halogens is 1. The van der Waals surface area contributed by atoms with Crippen LogP contribution in [0.1, 0.15) is 18.4 Å². The minimum Gasteiger partial charge on any atom is -0.325 e. The Bertz CT molecular complexity index is 389. The van der Waals surface area contributed by atoms with Crippen molar-refractivity contribution < 1.29 is 4.79 Å². The van der Waals surface area contributed by atoms with Gasteiger partial charge in [-0.15, -0.1) is 11.6 Å². The Morgan fingerprint density at radius 1 is 1.29 bits per heavy atom. The minimum absolute atomic E-state index is 0.00194. The first-order valence-electron chi connectivity index (χ1n) is 5.95. The summed E-state index contributed by atoms with van der Waals surface area (Å²) >= 11 is 5.50. The molecule has 1 saturated heterocycles. The molecule has 1 amide bonds. The molecule has 1 aliphatic heterocycles. The number of para-hydroxylation sites is 1. The number of carbonyl (C=O) groups excluding carboxylic acids is 1. The summed E-state index contributed by atoms with van der Waals surface area (Å²) in [6.45, 7) is 3.20. The fourth-order valence-corrected chi connectivity index (χ4v) is 2.21. The highest BCUT2D eigenvalue weighted by Crippen LogP contribution is 2.19. The van der Waals surface area contributed by atoms with Crippen molar-refractivity contribution in [2.75, 3.05) is 24.3 Å². The molecule has 0 spiro atoms. The highest BCUT2D eigenvalue weighted by atomic mass is 35.5. The van der Waals surface area contributed by atoms with Crippen molar-refractivity contribution in [3.63, 3.8) is 0 Å². The molecule has 3 nitrogen and oxygen atoms in total. The van der Waals surface area contributed by atoms with Crippen LogP contribution >= 0.6 is 11.6 Å². The molecule has 1 aliphatic rings. The second-order valence-electron chi connectivity index (χ2n) is 4.32. The van der Waals surface area contributed by atoms with Crippen LogP contribution < -0.4 is 5.32 Å². The molecule has 0 unspecified atom stereocenters. The van der Waals surface area contributed by atoms with Gasteiger partial charge >= 0.3 is 0 Å². The van der Waals surface area contributed by atoms with Crippen molar-refractivity contribution in [1.29, 1.82) is 0 Å². The minimum atomic E-state index is -0.152. The van der Waals surface area contributed by atoms with E-state index in [1.165, 1.54) is 12.8 Å². The number of alkyl halides is 1. The molecule has 1 fully saturated rings. The van der Waals surface area contributed by atoms with Crippen molar-refractivity contribution >= 4 is 23.2 Å². The molecule has 1 aromatic rings. The van der Waals surface area contributed by atoms with Crippen LogP contribution in [0.25, 0.3) is 0 Å². The van der Waals surface area contributed by atoms with E-state index in [0.29, 0.717) is 0 Å². The summed E-state index contributed by atoms with van der Waals surface area (Å²) in [5.74, 6) is -0.154. The molecule has 17 heavy (non-hydrogen) atoms. The van der Waals surface area contributed by atoms with Crippen molar-refractivity contribution in [2.24, 2.45) is 0 Å². The number of amides is 1. The number of carbonyl (C=O) groups is 1. The van der Waals surface area contributed by atoms with Gasteiger partial charge in [-0.3, -0.25) is 9.69 Å². The van der Waals surface area contributed by atoms with Crippen molar-refractivity contribution in [3.8, 4) is 0 Å². The Balaban J connectivity index is 2.06. The van der Waals surface area contributed by atoms with E-state index >= 15 is 0 Å². The van der Waals surface area contributed by atoms with E-state index in [0.717, 1.165) is 30.9 Å². The van der Waals surface area contributed by atoms with Gasteiger partial charge in [0.15, 0.2) is 0 Å². The van der Waals surface area contributed by atoms with Crippen LogP contribution in [-0.2, 0) is 11.3 Å². The van der Waals surface area contributed by atoms with Gasteiger partial charge in [0.1, 0.15) is 5.88 Å². The zero-order chi connectivity index (χ0) is 12.1. The Morgan fingerprint density at radius 2 is 2.00 bits per heavy atom. The van der Waals surface area contributed by atoms with E-state index in [4.69, 9.17) is 11.6 Å². The first-order chi connectivity index (χ1) is 8.29. The van der Waals surface area contributed by atoms with Crippen LogP contribution in [-0.4, -0.2) is 29.8 Å². The molecular weight excluding hydrogens is 236 g/mol. The Labute approximate surface area is 107 Å². The molecular formula is C13H17ClN2O. The molecule has 0 aliphatic carbocycles. The number of likely N-dealkylation sites (tertiary alicyclic amines) is 1. The normalized spacial score (nSPS) is 16.1. The number of benzene rings is 1. The van der Waals surface area contributed by atoms with Gasteiger partial charge in [0, 0.05) is 12.2 Å². The summed E-state index contributed by atoms with van der Waals surface area (Å²) in [4.78, 5) is 13.7. The van der Waals surface area contributed by atoms with E-state index in [1.807, 2.05) is 18.2 Å². The van der Waals surface area contributed by atoms with Crippen LogP contribution in [0, 0.1) is 0 Å². The maximum Gasteiger partial charge on any atom is 0.239 e. The lowest BCUT2D eigenvalue weighted by Crippen LogP contribution is -2.20. The molecule has 0 aromatic heterocycles. The fourth-order valence-electron chi connectivity index (χ4n) is 2.15. The second kappa shape index (κ2) is 6.03. The average Bonchev–Trinajstić information content (AvgIpc) is 2.84. The van der Waals surface area contributed by atoms with Crippen molar-refractivity contribution in [1.82, 2.24) is 4.90 Å². The molecule has 0 radical (unpaired) electrons. The van der Waals surface area contributed by atoms with Crippen molar-refractivity contribution in [2.45, 2.75) is 19.4 Å². The van der Waals surface area contributed by atoms with Gasteiger partial charge in [-0.1, -0.05) is 18.2 Å². The fraction of sp³-hybridized carbons (Fsp3) is 0.462. The summed E-state index contributed by atoms with van der Waals surface area (Å²) in [5, 5.41) is 2.84. The number of nitrogens with one attached hydrogen (secondary N) is 1. The molecule has 92 valence electrons. The van der Waals surface area contributed by atoms with E-state index in [1.54, 1.807) is 0 Å². The molecule has 0 atom stereocenters. The molecule has 4 heteroatoms. The summed E-state index contributed by atoms with van der Waals surface area (Å²) in [7, 11) is 0. The maximum atomic E-state index is 11.3. The smallest absolute Gasteiger partial charge is 0.239 e. The van der Waals surface area contributed by atoms with E-state index in [2.05, 4.69) is 16.3 Å². The zero-order valence-electron chi connectivity index (χ0n) is 9.79. The second-order valence-corrected chi connectivity index (χ2v) is 4.59. The van der Waals surface area contributed by atoms with Gasteiger partial charge in [-0.2, -0.15) is 0 Å². The number of hydrogen-bond acceptors (Lipinski definition) is 2. The van der Waals surface area contributed by atoms with E-state index < -0.39 is 0 Å². The number of hydrogen-bond donors (Lipinski definition) is 1. The average molecular weight is 253 g/mol. The first-order valence-corrected chi connectivity index (χ1v) is 6.49. The van der Waals surface area contributed by atoms with Crippen molar-refractivity contribution in [3.05, 3.63) is 29.8 Å². The number of rotatable bonds is 4. The lowest BCUT2D eigenvalue weighted by molar-refractivity contribution is -0.113. The Hall–Kier alpha value is -1.06. The Morgan fingerprint density at radius 3 is 2.71 bits per heavy atom. The molecule has 1 heterocycles. The Kier molecular flexibility index (Phi) is 4.40. The molecule has 2 rings (SSSR count). The topological polar surface area (TPSA) is 32.3 Å². The summed E-state index contributed by atoms with van der Waals surface area (Å²) < 4.78 is 0. The maximum absolute atomic E-state index is 11.3. The van der Waals surface area contributed by atoms with Gasteiger partial charge in [0.2, 0.25) is 5.91 Å². The third-order valence-corrected chi connectivity index (χ3v) is 3.25. The third kappa shape index (κ3) is 3.45. The van der Waals surface area contributed by atoms with Gasteiger partial charge in [-0.05, 0) is 37.6 Å². The van der Waals surface area contributed by atoms with Crippen LogP contribution in [0.5, 0.6) is 0 Å². The molecule has 1 aromatic carbocycles. The predicted octanol–water partition coefficient (Wildman–Crippen LogP) is 2.46. The standard InChI is InChI=1S/C13H17ClN2O/c14-9-13(17)15-12-6-2-1-5-11(12)10-16-7-3-4-8-16/h1-2,5-6H,3-4,7-10H2,(H,15,17). The highest BCUT2D eigenvalue weighted by Gasteiger charge is 2.14. The quantitative estimate of drug-likeness (QED) is 0.835. The van der Waals surface area contributed by atoms with Gasteiger partial charge in [0.05, 0.1) is 0 Å². The lowest BCUT2D eigenvalue weighted by atomic mass is 10.1. The monoisotopic (exact) mass is 252 g/mol. The van der Waals surface area contributed by atoms with Gasteiger partial charge in [-0.25, -0.2) is 0 Å². The first kappa shape index (κ1) is 12.4. The summed E-state index contributed by atoms with van der Waals surface area (Å²) in [6, 6.07) is 7.91. The van der Waals surface area contributed by atoms with Crippen LogP contribution in [0.3, 0.4) is 0 Å². The van der Waals surface area contributed by atoms with E-state index in [9.17, 15) is 4.79 Å². The molecule has 0 saturated carbocycles. The number of anilines is 1. The van der Waals surface area contributed by atoms with Gasteiger partial charge < -0.3 is 5.32 Å². The highest BCUT2D eigenvalue weighted by molar-refractivity contribution is 6.29. The predicted molar refractivity (Wildman–Crippen MR) is 70.3 cm³/mol. The third-order valence-electron chi connectivity index (χ3n) is 3.01. The van der Waals surface area contributed by atoms with Crippen LogP contribution in [0.4, 0.5) is 5.69 Å². The lowest BCUT2D eigenvalue weighted by Gasteiger charge is -2.17. The largest absolute Gasteiger partial charge is 0.325 e. The number of nitrogens with zero attached hydrogens (tertiary/aromatic N) is 1. The van der Waals surface area contributed by atoms with Crippen LogP contribution in [0.15, 0.2) is 24.3 Å². The summed E-state index contributed by atoms with van der Waals surface area (Å²) in [6.07, 6.45) is 2.55. The van der Waals surface area contributed by atoms with Gasteiger partial charge in [0.25, 0.3) is 0 Å². The van der Waals surface area contributed by atoms with E-state index in [-0.39, 0.29) is 11.8 Å². The van der Waals surface area contributed by atoms with Crippen LogP contribution in [0.2, 0.25) is 0 Å². The molecule has 0 bridgehead atoms. The molecule has 1 N–H and O–H groups in total.